The van der Waals surface area contributed by atoms with Crippen LogP contribution in [0.3, 0.4) is 0 Å². The van der Waals surface area contributed by atoms with Crippen LogP contribution in [0.4, 0.5) is 22.7 Å². The summed E-state index contributed by atoms with van der Waals surface area (Å²) >= 11 is 0. The highest BCUT2D eigenvalue weighted by Crippen LogP contribution is 2.24. The summed E-state index contributed by atoms with van der Waals surface area (Å²) in [7, 11) is 0. The third-order valence-corrected chi connectivity index (χ3v) is 5.20. The van der Waals surface area contributed by atoms with Gasteiger partial charge < -0.3 is 20.1 Å². The minimum atomic E-state index is 0.782. The predicted molar refractivity (Wildman–Crippen MR) is 136 cm³/mol. The van der Waals surface area contributed by atoms with E-state index in [4.69, 9.17) is 9.47 Å². The van der Waals surface area contributed by atoms with Crippen molar-refractivity contribution in [2.45, 2.75) is 52.4 Å². The van der Waals surface area contributed by atoms with Gasteiger partial charge in [-0.1, -0.05) is 39.5 Å². The first-order valence-electron chi connectivity index (χ1n) is 11.9. The second kappa shape index (κ2) is 13.3. The monoisotopic (exact) mass is 432 g/mol. The number of anilines is 4. The molecule has 0 bridgehead atoms. The Morgan fingerprint density at radius 2 is 0.781 bits per heavy atom. The molecule has 0 unspecified atom stereocenters. The number of hydrogen-bond acceptors (Lipinski definition) is 4. The maximum absolute atomic E-state index is 5.78. The molecule has 32 heavy (non-hydrogen) atoms. The van der Waals surface area contributed by atoms with E-state index in [0.29, 0.717) is 0 Å². The number of nitrogens with one attached hydrogen (secondary N) is 2. The first-order valence-corrected chi connectivity index (χ1v) is 11.9. The van der Waals surface area contributed by atoms with Crippen LogP contribution in [-0.4, -0.2) is 13.2 Å². The maximum atomic E-state index is 5.78. The summed E-state index contributed by atoms with van der Waals surface area (Å²) in [5, 5.41) is 6.87. The van der Waals surface area contributed by atoms with Crippen molar-refractivity contribution in [1.29, 1.82) is 0 Å². The van der Waals surface area contributed by atoms with Gasteiger partial charge in [0.1, 0.15) is 11.5 Å². The molecule has 3 rings (SSSR count). The molecule has 0 aliphatic carbocycles. The highest BCUT2D eigenvalue weighted by atomic mass is 16.5. The second-order valence-electron chi connectivity index (χ2n) is 7.99. The molecule has 4 heteroatoms. The topological polar surface area (TPSA) is 42.5 Å². The molecule has 3 aromatic carbocycles. The number of rotatable bonds is 14. The zero-order valence-corrected chi connectivity index (χ0v) is 19.4. The van der Waals surface area contributed by atoms with E-state index < -0.39 is 0 Å². The molecule has 170 valence electrons. The molecule has 0 fully saturated rings. The Kier molecular flexibility index (Phi) is 9.78. The number of benzene rings is 3. The van der Waals surface area contributed by atoms with Crippen molar-refractivity contribution < 1.29 is 9.47 Å². The van der Waals surface area contributed by atoms with E-state index >= 15 is 0 Å². The van der Waals surface area contributed by atoms with Gasteiger partial charge in [0, 0.05) is 22.7 Å². The zero-order valence-electron chi connectivity index (χ0n) is 19.4. The largest absolute Gasteiger partial charge is 0.494 e. The first-order chi connectivity index (χ1) is 15.8. The van der Waals surface area contributed by atoms with Crippen LogP contribution in [0.5, 0.6) is 11.5 Å². The van der Waals surface area contributed by atoms with E-state index in [-0.39, 0.29) is 0 Å². The van der Waals surface area contributed by atoms with Gasteiger partial charge in [0.25, 0.3) is 0 Å². The van der Waals surface area contributed by atoms with Crippen LogP contribution in [0.25, 0.3) is 0 Å². The van der Waals surface area contributed by atoms with Gasteiger partial charge in [0.2, 0.25) is 0 Å². The Balaban J connectivity index is 1.45. The summed E-state index contributed by atoms with van der Waals surface area (Å²) < 4.78 is 11.6. The molecule has 0 saturated carbocycles. The number of hydrogen-bond donors (Lipinski definition) is 2. The fraction of sp³-hybridized carbons (Fsp3) is 0.357. The Labute approximate surface area is 193 Å². The molecule has 0 heterocycles. The van der Waals surface area contributed by atoms with Crippen molar-refractivity contribution in [3.8, 4) is 11.5 Å². The van der Waals surface area contributed by atoms with Gasteiger partial charge >= 0.3 is 0 Å². The van der Waals surface area contributed by atoms with Crippen molar-refractivity contribution in [2.75, 3.05) is 23.8 Å². The molecule has 0 saturated heterocycles. The van der Waals surface area contributed by atoms with E-state index in [1.165, 1.54) is 25.7 Å². The average Bonchev–Trinajstić information content (AvgIpc) is 2.83. The van der Waals surface area contributed by atoms with Crippen LogP contribution in [0.1, 0.15) is 52.4 Å². The highest BCUT2D eigenvalue weighted by Gasteiger charge is 2.00. The van der Waals surface area contributed by atoms with Crippen molar-refractivity contribution in [2.24, 2.45) is 0 Å². The number of ether oxygens (including phenoxy) is 2. The average molecular weight is 433 g/mol. The highest BCUT2D eigenvalue weighted by molar-refractivity contribution is 5.66. The lowest BCUT2D eigenvalue weighted by Gasteiger charge is -2.11. The van der Waals surface area contributed by atoms with Crippen LogP contribution < -0.4 is 20.1 Å². The third kappa shape index (κ3) is 8.18. The SMILES string of the molecule is CCCCCOc1ccc(Nc2ccc(Nc3ccc(OCCCCC)cc3)cc2)cc1. The van der Waals surface area contributed by atoms with Crippen molar-refractivity contribution >= 4 is 22.7 Å². The van der Waals surface area contributed by atoms with Crippen LogP contribution in [0, 0.1) is 0 Å². The van der Waals surface area contributed by atoms with Crippen molar-refractivity contribution in [1.82, 2.24) is 0 Å². The van der Waals surface area contributed by atoms with Crippen LogP contribution in [-0.2, 0) is 0 Å². The Morgan fingerprint density at radius 3 is 1.09 bits per heavy atom. The smallest absolute Gasteiger partial charge is 0.119 e. The van der Waals surface area contributed by atoms with E-state index in [0.717, 1.165) is 60.3 Å². The van der Waals surface area contributed by atoms with Gasteiger partial charge in [0.15, 0.2) is 0 Å². The summed E-state index contributed by atoms with van der Waals surface area (Å²) in [6.07, 6.45) is 7.05. The Bertz CT molecular complexity index is 814. The summed E-state index contributed by atoms with van der Waals surface area (Å²) in [6.45, 7) is 5.96. The molecule has 0 aromatic heterocycles. The van der Waals surface area contributed by atoms with Gasteiger partial charge in [-0.15, -0.1) is 0 Å². The lowest BCUT2D eigenvalue weighted by atomic mass is 10.2. The molecule has 3 aromatic rings. The molecular weight excluding hydrogens is 396 g/mol. The number of unbranched alkanes of at least 4 members (excludes halogenated alkanes) is 4. The molecule has 0 radical (unpaired) electrons. The van der Waals surface area contributed by atoms with Gasteiger partial charge in [0.05, 0.1) is 13.2 Å². The van der Waals surface area contributed by atoms with Gasteiger partial charge in [-0.25, -0.2) is 0 Å². The Hall–Kier alpha value is -3.14. The maximum Gasteiger partial charge on any atom is 0.119 e. The third-order valence-electron chi connectivity index (χ3n) is 5.20. The molecule has 0 amide bonds. The van der Waals surface area contributed by atoms with Crippen LogP contribution in [0.15, 0.2) is 72.8 Å². The molecular formula is C28H36N2O2. The van der Waals surface area contributed by atoms with Gasteiger partial charge in [-0.3, -0.25) is 0 Å². The quantitative estimate of drug-likeness (QED) is 0.251. The van der Waals surface area contributed by atoms with Gasteiger partial charge in [-0.2, -0.15) is 0 Å². The molecule has 0 atom stereocenters. The Morgan fingerprint density at radius 1 is 0.469 bits per heavy atom. The summed E-state index contributed by atoms with van der Waals surface area (Å²) in [5.74, 6) is 1.84. The van der Waals surface area contributed by atoms with E-state index in [1.807, 2.05) is 48.5 Å². The lowest BCUT2D eigenvalue weighted by Crippen LogP contribution is -1.97. The lowest BCUT2D eigenvalue weighted by molar-refractivity contribution is 0.306. The van der Waals surface area contributed by atoms with Crippen LogP contribution in [0.2, 0.25) is 0 Å². The second-order valence-corrected chi connectivity index (χ2v) is 7.99. The fourth-order valence-corrected chi connectivity index (χ4v) is 3.32. The fourth-order valence-electron chi connectivity index (χ4n) is 3.32. The molecule has 2 N–H and O–H groups in total. The summed E-state index contributed by atoms with van der Waals surface area (Å²) in [6, 6.07) is 24.5. The van der Waals surface area contributed by atoms with E-state index in [2.05, 4.69) is 48.7 Å². The summed E-state index contributed by atoms with van der Waals surface area (Å²) in [4.78, 5) is 0. The van der Waals surface area contributed by atoms with Gasteiger partial charge in [-0.05, 0) is 85.6 Å². The summed E-state index contributed by atoms with van der Waals surface area (Å²) in [5.41, 5.74) is 4.17. The minimum Gasteiger partial charge on any atom is -0.494 e. The molecule has 0 aliphatic rings. The molecule has 0 aliphatic heterocycles. The van der Waals surface area contributed by atoms with E-state index in [9.17, 15) is 0 Å². The first kappa shape index (κ1) is 23.5. The molecule has 4 nitrogen and oxygen atoms in total. The standard InChI is InChI=1S/C28H36N2O2/c1-3-5-7-21-31-27-17-13-25(14-18-27)29-23-9-11-24(12-10-23)30-26-15-19-28(20-16-26)32-22-8-6-4-2/h9-20,29-30H,3-8,21-22H2,1-2H3. The molecule has 0 spiro atoms. The predicted octanol–water partition coefficient (Wildman–Crippen LogP) is 8.31. The normalized spacial score (nSPS) is 10.6. The van der Waals surface area contributed by atoms with E-state index in [1.54, 1.807) is 0 Å². The minimum absolute atomic E-state index is 0.782. The zero-order chi connectivity index (χ0) is 22.4. The van der Waals surface area contributed by atoms with Crippen LogP contribution >= 0.6 is 0 Å². The van der Waals surface area contributed by atoms with Crippen molar-refractivity contribution in [3.63, 3.8) is 0 Å². The van der Waals surface area contributed by atoms with Crippen molar-refractivity contribution in [3.05, 3.63) is 72.8 Å².